The largest absolute Gasteiger partial charge is 0.349 e. The van der Waals surface area contributed by atoms with Crippen molar-refractivity contribution in [3.8, 4) is 0 Å². The van der Waals surface area contributed by atoms with Crippen LogP contribution in [-0.2, 0) is 0 Å². The van der Waals surface area contributed by atoms with E-state index in [4.69, 9.17) is 5.73 Å². The van der Waals surface area contributed by atoms with Crippen LogP contribution in [0, 0.1) is 21.7 Å². The van der Waals surface area contributed by atoms with Crippen molar-refractivity contribution < 1.29 is 18.5 Å². The van der Waals surface area contributed by atoms with E-state index in [-0.39, 0.29) is 12.1 Å². The smallest absolute Gasteiger partial charge is 0.308 e. The molecule has 0 aromatic heterocycles. The van der Waals surface area contributed by atoms with E-state index >= 15 is 0 Å². The first-order valence-corrected chi connectivity index (χ1v) is 6.58. The van der Waals surface area contributed by atoms with Gasteiger partial charge in [0.2, 0.25) is 5.82 Å². The molecule has 6 nitrogen and oxygen atoms in total. The molecule has 0 bridgehead atoms. The van der Waals surface area contributed by atoms with Gasteiger partial charge in [0.15, 0.2) is 0 Å². The van der Waals surface area contributed by atoms with Gasteiger partial charge in [0.05, 0.1) is 16.6 Å². The molecule has 8 heteroatoms. The van der Waals surface area contributed by atoms with Crippen LogP contribution in [0.2, 0.25) is 0 Å². The molecule has 0 unspecified atom stereocenters. The van der Waals surface area contributed by atoms with Crippen LogP contribution >= 0.6 is 0 Å². The molecule has 0 aliphatic heterocycles. The summed E-state index contributed by atoms with van der Waals surface area (Å²) in [5, 5.41) is 13.2. The average molecular weight is 299 g/mol. The maximum atomic E-state index is 13.9. The van der Waals surface area contributed by atoms with Gasteiger partial charge in [-0.25, -0.2) is 4.39 Å². The molecule has 1 amide bonds. The second kappa shape index (κ2) is 6.13. The molecule has 1 aromatic rings. The van der Waals surface area contributed by atoms with Gasteiger partial charge in [-0.1, -0.05) is 0 Å². The Morgan fingerprint density at radius 2 is 1.90 bits per heavy atom. The summed E-state index contributed by atoms with van der Waals surface area (Å²) >= 11 is 0. The number of rotatable bonds is 3. The summed E-state index contributed by atoms with van der Waals surface area (Å²) in [5.74, 6) is -3.21. The molecule has 3 N–H and O–H groups in total. The zero-order chi connectivity index (χ0) is 15.6. The standard InChI is InChI=1S/C13H15F2N3O3/c14-7-5-10(12(15)11(6-7)18(20)21)13(19)17-9-3-1-8(16)2-4-9/h5-6,8-9H,1-4,16H2,(H,17,19). The Hall–Kier alpha value is -2.09. The van der Waals surface area contributed by atoms with Gasteiger partial charge in [0.1, 0.15) is 5.82 Å². The molecule has 0 atom stereocenters. The number of amides is 1. The van der Waals surface area contributed by atoms with Gasteiger partial charge in [0.25, 0.3) is 5.91 Å². The molecule has 0 heterocycles. The van der Waals surface area contributed by atoms with Gasteiger partial charge in [-0.2, -0.15) is 4.39 Å². The zero-order valence-electron chi connectivity index (χ0n) is 11.1. The summed E-state index contributed by atoms with van der Waals surface area (Å²) < 4.78 is 27.2. The number of carbonyl (C=O) groups excluding carboxylic acids is 1. The lowest BCUT2D eigenvalue weighted by atomic mass is 9.91. The summed E-state index contributed by atoms with van der Waals surface area (Å²) in [7, 11) is 0. The van der Waals surface area contributed by atoms with Crippen LogP contribution < -0.4 is 11.1 Å². The SMILES string of the molecule is NC1CCC(NC(=O)c2cc(F)cc([N+](=O)[O-])c2F)CC1. The fourth-order valence-electron chi connectivity index (χ4n) is 2.40. The molecule has 1 saturated carbocycles. The maximum absolute atomic E-state index is 13.9. The first kappa shape index (κ1) is 15.3. The number of nitro benzene ring substituents is 1. The summed E-state index contributed by atoms with van der Waals surface area (Å²) in [6.07, 6.45) is 2.76. The third kappa shape index (κ3) is 3.52. The molecule has 1 aliphatic carbocycles. The lowest BCUT2D eigenvalue weighted by Crippen LogP contribution is -2.40. The van der Waals surface area contributed by atoms with Gasteiger partial charge < -0.3 is 11.1 Å². The number of nitrogens with one attached hydrogen (secondary N) is 1. The van der Waals surface area contributed by atoms with Gasteiger partial charge >= 0.3 is 5.69 Å². The molecule has 1 aliphatic rings. The molecule has 0 spiro atoms. The van der Waals surface area contributed by atoms with Crippen molar-refractivity contribution in [3.63, 3.8) is 0 Å². The Balaban J connectivity index is 2.17. The molecule has 1 fully saturated rings. The molecule has 1 aromatic carbocycles. The summed E-state index contributed by atoms with van der Waals surface area (Å²) in [6, 6.07) is 1.02. The molecule has 21 heavy (non-hydrogen) atoms. The highest BCUT2D eigenvalue weighted by atomic mass is 19.1. The van der Waals surface area contributed by atoms with Crippen LogP contribution in [0.4, 0.5) is 14.5 Å². The molecule has 0 radical (unpaired) electrons. The van der Waals surface area contributed by atoms with E-state index in [0.29, 0.717) is 25.0 Å². The monoisotopic (exact) mass is 299 g/mol. The summed E-state index contributed by atoms with van der Waals surface area (Å²) in [6.45, 7) is 0. The van der Waals surface area contributed by atoms with E-state index in [0.717, 1.165) is 12.8 Å². The quantitative estimate of drug-likeness (QED) is 0.657. The molecule has 0 saturated heterocycles. The number of nitrogens with zero attached hydrogens (tertiary/aromatic N) is 1. The van der Waals surface area contributed by atoms with Crippen molar-refractivity contribution in [2.24, 2.45) is 5.73 Å². The molecular formula is C13H15F2N3O3. The minimum absolute atomic E-state index is 0.0881. The van der Waals surface area contributed by atoms with Crippen molar-refractivity contribution in [1.82, 2.24) is 5.32 Å². The topological polar surface area (TPSA) is 98.3 Å². The second-order valence-corrected chi connectivity index (χ2v) is 5.13. The van der Waals surface area contributed by atoms with Crippen LogP contribution in [0.3, 0.4) is 0 Å². The Bertz CT molecular complexity index is 572. The van der Waals surface area contributed by atoms with Crippen molar-refractivity contribution in [1.29, 1.82) is 0 Å². The number of nitro groups is 1. The van der Waals surface area contributed by atoms with Crippen LogP contribution in [-0.4, -0.2) is 22.9 Å². The Morgan fingerprint density at radius 3 is 2.48 bits per heavy atom. The summed E-state index contributed by atoms with van der Waals surface area (Å²) in [5.41, 5.74) is 4.03. The minimum atomic E-state index is -1.33. The van der Waals surface area contributed by atoms with E-state index in [2.05, 4.69) is 5.32 Å². The van der Waals surface area contributed by atoms with Crippen molar-refractivity contribution >= 4 is 11.6 Å². The van der Waals surface area contributed by atoms with Gasteiger partial charge in [-0.05, 0) is 31.7 Å². The number of hydrogen-bond acceptors (Lipinski definition) is 4. The maximum Gasteiger partial charge on any atom is 0.308 e. The summed E-state index contributed by atoms with van der Waals surface area (Å²) in [4.78, 5) is 21.5. The Kier molecular flexibility index (Phi) is 4.46. The highest BCUT2D eigenvalue weighted by molar-refractivity contribution is 5.95. The number of halogens is 2. The van der Waals surface area contributed by atoms with Crippen LogP contribution in [0.25, 0.3) is 0 Å². The lowest BCUT2D eigenvalue weighted by molar-refractivity contribution is -0.387. The fraction of sp³-hybridized carbons (Fsp3) is 0.462. The number of carbonyl (C=O) groups is 1. The Labute approximate surface area is 119 Å². The predicted molar refractivity (Wildman–Crippen MR) is 70.7 cm³/mol. The molecule has 114 valence electrons. The second-order valence-electron chi connectivity index (χ2n) is 5.13. The van der Waals surface area contributed by atoms with Gasteiger partial charge in [0, 0.05) is 12.1 Å². The first-order valence-electron chi connectivity index (χ1n) is 6.58. The van der Waals surface area contributed by atoms with E-state index in [1.807, 2.05) is 0 Å². The normalized spacial score (nSPS) is 21.9. The zero-order valence-corrected chi connectivity index (χ0v) is 11.1. The predicted octanol–water partition coefficient (Wildman–Crippen LogP) is 1.87. The highest BCUT2D eigenvalue weighted by Crippen LogP contribution is 2.23. The van der Waals surface area contributed by atoms with Crippen molar-refractivity contribution in [2.75, 3.05) is 0 Å². The fourth-order valence-corrected chi connectivity index (χ4v) is 2.40. The van der Waals surface area contributed by atoms with Crippen molar-refractivity contribution in [3.05, 3.63) is 39.4 Å². The van der Waals surface area contributed by atoms with E-state index in [1.54, 1.807) is 0 Å². The van der Waals surface area contributed by atoms with Crippen molar-refractivity contribution in [2.45, 2.75) is 37.8 Å². The van der Waals surface area contributed by atoms with E-state index < -0.39 is 33.7 Å². The van der Waals surface area contributed by atoms with E-state index in [9.17, 15) is 23.7 Å². The van der Waals surface area contributed by atoms with Crippen LogP contribution in [0.5, 0.6) is 0 Å². The molecular weight excluding hydrogens is 284 g/mol. The lowest BCUT2D eigenvalue weighted by Gasteiger charge is -2.26. The Morgan fingerprint density at radius 1 is 1.29 bits per heavy atom. The van der Waals surface area contributed by atoms with E-state index in [1.165, 1.54) is 0 Å². The van der Waals surface area contributed by atoms with Gasteiger partial charge in [-0.15, -0.1) is 0 Å². The number of nitrogens with two attached hydrogens (primary N) is 1. The number of hydrogen-bond donors (Lipinski definition) is 2. The molecule has 2 rings (SSSR count). The van der Waals surface area contributed by atoms with Gasteiger partial charge in [-0.3, -0.25) is 14.9 Å². The van der Waals surface area contributed by atoms with Crippen LogP contribution in [0.1, 0.15) is 36.0 Å². The highest BCUT2D eigenvalue weighted by Gasteiger charge is 2.26. The average Bonchev–Trinajstić information content (AvgIpc) is 2.43. The third-order valence-electron chi connectivity index (χ3n) is 3.57. The third-order valence-corrected chi connectivity index (χ3v) is 3.57. The number of benzene rings is 1. The minimum Gasteiger partial charge on any atom is -0.349 e. The van der Waals surface area contributed by atoms with Crippen LogP contribution in [0.15, 0.2) is 12.1 Å². The first-order chi connectivity index (χ1) is 9.88.